The lowest BCUT2D eigenvalue weighted by Gasteiger charge is -2.13. The molecule has 0 aliphatic rings. The largest absolute Gasteiger partial charge is 0.345 e. The first-order valence-corrected chi connectivity index (χ1v) is 6.04. The summed E-state index contributed by atoms with van der Waals surface area (Å²) in [6.45, 7) is 1.80. The molecule has 0 bridgehead atoms. The second-order valence-corrected chi connectivity index (χ2v) is 4.26. The number of nitro benzene ring substituents is 1. The molecular formula is C14H13N3O3. The number of nitrogens with one attached hydrogen (secondary N) is 1. The summed E-state index contributed by atoms with van der Waals surface area (Å²) in [6, 6.07) is 9.18. The van der Waals surface area contributed by atoms with Gasteiger partial charge in [-0.3, -0.25) is 19.9 Å². The van der Waals surface area contributed by atoms with Crippen molar-refractivity contribution in [3.63, 3.8) is 0 Å². The predicted octanol–water partition coefficient (Wildman–Crippen LogP) is 2.48. The predicted molar refractivity (Wildman–Crippen MR) is 73.2 cm³/mol. The Morgan fingerprint density at radius 1 is 1.30 bits per heavy atom. The Balaban J connectivity index is 2.19. The van der Waals surface area contributed by atoms with Crippen LogP contribution in [0.5, 0.6) is 0 Å². The number of nitro groups is 1. The van der Waals surface area contributed by atoms with Crippen molar-refractivity contribution in [3.8, 4) is 0 Å². The van der Waals surface area contributed by atoms with Crippen LogP contribution in [0.2, 0.25) is 0 Å². The average Bonchev–Trinajstić information content (AvgIpc) is 2.48. The van der Waals surface area contributed by atoms with Crippen molar-refractivity contribution >= 4 is 11.6 Å². The summed E-state index contributed by atoms with van der Waals surface area (Å²) in [5.74, 6) is -0.478. The highest BCUT2D eigenvalue weighted by Crippen LogP contribution is 2.19. The van der Waals surface area contributed by atoms with Crippen molar-refractivity contribution in [2.75, 3.05) is 0 Å². The molecule has 1 aromatic carbocycles. The minimum absolute atomic E-state index is 0.0493. The quantitative estimate of drug-likeness (QED) is 0.683. The smallest absolute Gasteiger partial charge is 0.282 e. The van der Waals surface area contributed by atoms with E-state index in [0.29, 0.717) is 0 Å². The van der Waals surface area contributed by atoms with E-state index in [1.165, 1.54) is 18.2 Å². The van der Waals surface area contributed by atoms with Crippen molar-refractivity contribution in [2.45, 2.75) is 13.0 Å². The molecule has 20 heavy (non-hydrogen) atoms. The summed E-state index contributed by atoms with van der Waals surface area (Å²) in [4.78, 5) is 26.4. The minimum Gasteiger partial charge on any atom is -0.345 e. The third-order valence-corrected chi connectivity index (χ3v) is 2.88. The van der Waals surface area contributed by atoms with E-state index < -0.39 is 10.8 Å². The van der Waals surface area contributed by atoms with Gasteiger partial charge in [-0.25, -0.2) is 0 Å². The van der Waals surface area contributed by atoms with Gasteiger partial charge in [0.25, 0.3) is 11.6 Å². The zero-order chi connectivity index (χ0) is 14.5. The summed E-state index contributed by atoms with van der Waals surface area (Å²) >= 11 is 0. The molecule has 6 heteroatoms. The Morgan fingerprint density at radius 2 is 2.05 bits per heavy atom. The zero-order valence-electron chi connectivity index (χ0n) is 10.8. The molecule has 0 aliphatic heterocycles. The van der Waals surface area contributed by atoms with Gasteiger partial charge in [-0.2, -0.15) is 0 Å². The average molecular weight is 271 g/mol. The van der Waals surface area contributed by atoms with E-state index in [1.807, 2.05) is 6.07 Å². The van der Waals surface area contributed by atoms with E-state index >= 15 is 0 Å². The number of carbonyl (C=O) groups excluding carboxylic acids is 1. The molecule has 0 spiro atoms. The van der Waals surface area contributed by atoms with E-state index in [-0.39, 0.29) is 17.3 Å². The van der Waals surface area contributed by atoms with Crippen LogP contribution in [0.1, 0.15) is 28.9 Å². The minimum atomic E-state index is -0.566. The SMILES string of the molecule is CC(NC(=O)c1ccccc1[N+](=O)[O-])c1cccnc1. The number of carbonyl (C=O) groups is 1. The van der Waals surface area contributed by atoms with E-state index in [2.05, 4.69) is 10.3 Å². The van der Waals surface area contributed by atoms with Crippen LogP contribution in [-0.4, -0.2) is 15.8 Å². The van der Waals surface area contributed by atoms with Crippen LogP contribution in [0.15, 0.2) is 48.8 Å². The second kappa shape index (κ2) is 5.92. The number of para-hydroxylation sites is 1. The maximum atomic E-state index is 12.1. The summed E-state index contributed by atoms with van der Waals surface area (Å²) in [5, 5.41) is 13.6. The Labute approximate surface area is 115 Å². The molecule has 0 radical (unpaired) electrons. The van der Waals surface area contributed by atoms with Crippen molar-refractivity contribution in [2.24, 2.45) is 0 Å². The Hall–Kier alpha value is -2.76. The molecule has 2 rings (SSSR count). The molecule has 1 heterocycles. The molecule has 6 nitrogen and oxygen atoms in total. The van der Waals surface area contributed by atoms with Gasteiger partial charge in [0, 0.05) is 18.5 Å². The molecular weight excluding hydrogens is 258 g/mol. The van der Waals surface area contributed by atoms with Crippen molar-refractivity contribution in [1.82, 2.24) is 10.3 Å². The molecule has 1 atom stereocenters. The number of nitrogens with zero attached hydrogens (tertiary/aromatic N) is 2. The molecule has 1 unspecified atom stereocenters. The van der Waals surface area contributed by atoms with E-state index in [1.54, 1.807) is 31.5 Å². The standard InChI is InChI=1S/C14H13N3O3/c1-10(11-5-4-8-15-9-11)16-14(18)12-6-2-3-7-13(12)17(19)20/h2-10H,1H3,(H,16,18). The van der Waals surface area contributed by atoms with Crippen molar-refractivity contribution in [3.05, 3.63) is 70.0 Å². The van der Waals surface area contributed by atoms with Crippen molar-refractivity contribution in [1.29, 1.82) is 0 Å². The Morgan fingerprint density at radius 3 is 2.70 bits per heavy atom. The van der Waals surface area contributed by atoms with Gasteiger partial charge in [0.05, 0.1) is 11.0 Å². The van der Waals surface area contributed by atoms with Crippen LogP contribution in [0.4, 0.5) is 5.69 Å². The fourth-order valence-corrected chi connectivity index (χ4v) is 1.81. The van der Waals surface area contributed by atoms with Crippen LogP contribution in [0.3, 0.4) is 0 Å². The highest BCUT2D eigenvalue weighted by molar-refractivity contribution is 5.98. The van der Waals surface area contributed by atoms with Gasteiger partial charge in [-0.15, -0.1) is 0 Å². The lowest BCUT2D eigenvalue weighted by molar-refractivity contribution is -0.385. The van der Waals surface area contributed by atoms with Crippen LogP contribution in [0.25, 0.3) is 0 Å². The first kappa shape index (κ1) is 13.7. The molecule has 0 fully saturated rings. The molecule has 0 saturated heterocycles. The summed E-state index contributed by atoms with van der Waals surface area (Å²) in [5.41, 5.74) is 0.677. The number of amides is 1. The van der Waals surface area contributed by atoms with Crippen LogP contribution in [0, 0.1) is 10.1 Å². The summed E-state index contributed by atoms with van der Waals surface area (Å²) in [6.07, 6.45) is 3.28. The number of aromatic nitrogens is 1. The zero-order valence-corrected chi connectivity index (χ0v) is 10.8. The van der Waals surface area contributed by atoms with Gasteiger partial charge in [0.2, 0.25) is 0 Å². The highest BCUT2D eigenvalue weighted by Gasteiger charge is 2.20. The Bertz CT molecular complexity index is 629. The Kier molecular flexibility index (Phi) is 4.05. The number of hydrogen-bond acceptors (Lipinski definition) is 4. The van der Waals surface area contributed by atoms with Gasteiger partial charge in [-0.1, -0.05) is 18.2 Å². The summed E-state index contributed by atoms with van der Waals surface area (Å²) < 4.78 is 0. The number of benzene rings is 1. The third kappa shape index (κ3) is 2.97. The molecule has 1 aromatic heterocycles. The molecule has 1 amide bonds. The number of pyridine rings is 1. The first-order chi connectivity index (χ1) is 9.59. The van der Waals surface area contributed by atoms with Gasteiger partial charge in [0.1, 0.15) is 5.56 Å². The fourth-order valence-electron chi connectivity index (χ4n) is 1.81. The summed E-state index contributed by atoms with van der Waals surface area (Å²) in [7, 11) is 0. The first-order valence-electron chi connectivity index (χ1n) is 6.04. The molecule has 2 aromatic rings. The second-order valence-electron chi connectivity index (χ2n) is 4.26. The lowest BCUT2D eigenvalue weighted by atomic mass is 10.1. The normalized spacial score (nSPS) is 11.7. The van der Waals surface area contributed by atoms with Crippen molar-refractivity contribution < 1.29 is 9.72 Å². The van der Waals surface area contributed by atoms with Gasteiger partial charge in [0.15, 0.2) is 0 Å². The number of rotatable bonds is 4. The topological polar surface area (TPSA) is 85.1 Å². The maximum Gasteiger partial charge on any atom is 0.282 e. The highest BCUT2D eigenvalue weighted by atomic mass is 16.6. The van der Waals surface area contributed by atoms with Gasteiger partial charge >= 0.3 is 0 Å². The monoisotopic (exact) mass is 271 g/mol. The maximum absolute atomic E-state index is 12.1. The lowest BCUT2D eigenvalue weighted by Crippen LogP contribution is -2.27. The number of hydrogen-bond donors (Lipinski definition) is 1. The van der Waals surface area contributed by atoms with E-state index in [9.17, 15) is 14.9 Å². The van der Waals surface area contributed by atoms with E-state index in [0.717, 1.165) is 5.56 Å². The third-order valence-electron chi connectivity index (χ3n) is 2.88. The van der Waals surface area contributed by atoms with Gasteiger partial charge in [-0.05, 0) is 24.6 Å². The molecule has 0 aliphatic carbocycles. The van der Waals surface area contributed by atoms with Crippen LogP contribution >= 0.6 is 0 Å². The molecule has 0 saturated carbocycles. The fraction of sp³-hybridized carbons (Fsp3) is 0.143. The molecule has 102 valence electrons. The van der Waals surface area contributed by atoms with Gasteiger partial charge < -0.3 is 5.32 Å². The van der Waals surface area contributed by atoms with E-state index in [4.69, 9.17) is 0 Å². The van der Waals surface area contributed by atoms with Crippen LogP contribution < -0.4 is 5.32 Å². The molecule has 1 N–H and O–H groups in total. The van der Waals surface area contributed by atoms with Crippen LogP contribution in [-0.2, 0) is 0 Å².